The number of hydrogen-bond acceptors (Lipinski definition) is 5. The molecule has 0 amide bonds. The summed E-state index contributed by atoms with van der Waals surface area (Å²) < 4.78 is 31.1. The summed E-state index contributed by atoms with van der Waals surface area (Å²) in [6.07, 6.45) is 0. The summed E-state index contributed by atoms with van der Waals surface area (Å²) in [5, 5.41) is 3.72. The number of benzene rings is 1. The van der Waals surface area contributed by atoms with Crippen molar-refractivity contribution in [2.24, 2.45) is 0 Å². The first-order chi connectivity index (χ1) is 9.44. The first kappa shape index (κ1) is 14.4. The predicted molar refractivity (Wildman–Crippen MR) is 77.7 cm³/mol. The highest BCUT2D eigenvalue weighted by Gasteiger charge is 2.24. The maximum absolute atomic E-state index is 12.5. The van der Waals surface area contributed by atoms with E-state index in [2.05, 4.69) is 5.16 Å². The first-order valence-electron chi connectivity index (χ1n) is 6.21. The fourth-order valence-corrected chi connectivity index (χ4v) is 3.51. The maximum Gasteiger partial charge on any atom is 0.241 e. The number of hydrogen-bond donors (Lipinski definition) is 1. The molecular formula is C13H17N3O3S. The monoisotopic (exact) mass is 295 g/mol. The Labute approximate surface area is 118 Å². The van der Waals surface area contributed by atoms with E-state index in [-0.39, 0.29) is 5.75 Å². The zero-order valence-corrected chi connectivity index (χ0v) is 12.2. The van der Waals surface area contributed by atoms with Crippen LogP contribution in [0.15, 0.2) is 34.9 Å². The molecular weight excluding hydrogens is 278 g/mol. The van der Waals surface area contributed by atoms with Gasteiger partial charge >= 0.3 is 0 Å². The molecule has 0 radical (unpaired) electrons. The van der Waals surface area contributed by atoms with E-state index < -0.39 is 10.0 Å². The average Bonchev–Trinajstić information content (AvgIpc) is 2.77. The normalized spacial score (nSPS) is 11.5. The molecule has 0 saturated carbocycles. The average molecular weight is 295 g/mol. The third kappa shape index (κ3) is 2.93. The van der Waals surface area contributed by atoms with Crippen LogP contribution in [-0.4, -0.2) is 20.1 Å². The molecule has 0 atom stereocenters. The van der Waals surface area contributed by atoms with Gasteiger partial charge in [-0.3, -0.25) is 4.31 Å². The summed E-state index contributed by atoms with van der Waals surface area (Å²) in [7, 11) is -3.56. The van der Waals surface area contributed by atoms with Crippen molar-refractivity contribution in [3.05, 3.63) is 41.8 Å². The van der Waals surface area contributed by atoms with Crippen LogP contribution < -0.4 is 10.0 Å². The lowest BCUT2D eigenvalue weighted by atomic mass is 10.3. The van der Waals surface area contributed by atoms with Crippen LogP contribution in [0.1, 0.15) is 18.4 Å². The summed E-state index contributed by atoms with van der Waals surface area (Å²) in [5.41, 5.74) is 7.14. The zero-order valence-electron chi connectivity index (χ0n) is 11.4. The molecule has 20 heavy (non-hydrogen) atoms. The fraction of sp³-hybridized carbons (Fsp3) is 0.308. The Morgan fingerprint density at radius 3 is 2.60 bits per heavy atom. The molecule has 0 bridgehead atoms. The van der Waals surface area contributed by atoms with Crippen molar-refractivity contribution in [1.82, 2.24) is 5.16 Å². The highest BCUT2D eigenvalue weighted by atomic mass is 32.2. The summed E-state index contributed by atoms with van der Waals surface area (Å²) >= 11 is 0. The number of rotatable bonds is 5. The van der Waals surface area contributed by atoms with Crippen molar-refractivity contribution in [2.45, 2.75) is 19.6 Å². The van der Waals surface area contributed by atoms with Gasteiger partial charge in [0, 0.05) is 12.6 Å². The minimum Gasteiger partial charge on any atom is -0.397 e. The van der Waals surface area contributed by atoms with E-state index in [0.29, 0.717) is 29.4 Å². The number of anilines is 2. The van der Waals surface area contributed by atoms with E-state index in [1.54, 1.807) is 44.2 Å². The molecule has 0 aliphatic carbocycles. The van der Waals surface area contributed by atoms with Crippen LogP contribution in [0.3, 0.4) is 0 Å². The van der Waals surface area contributed by atoms with Crippen LogP contribution in [-0.2, 0) is 15.8 Å². The van der Waals surface area contributed by atoms with E-state index in [1.165, 1.54) is 4.31 Å². The van der Waals surface area contributed by atoms with Gasteiger partial charge in [0.1, 0.15) is 17.2 Å². The van der Waals surface area contributed by atoms with Gasteiger partial charge in [-0.1, -0.05) is 17.3 Å². The molecule has 1 heterocycles. The molecule has 1 aromatic heterocycles. The van der Waals surface area contributed by atoms with Gasteiger partial charge in [0.2, 0.25) is 10.0 Å². The lowest BCUT2D eigenvalue weighted by Crippen LogP contribution is -2.32. The Morgan fingerprint density at radius 2 is 2.05 bits per heavy atom. The quantitative estimate of drug-likeness (QED) is 0.851. The first-order valence-corrected chi connectivity index (χ1v) is 7.82. The van der Waals surface area contributed by atoms with Gasteiger partial charge in [0.25, 0.3) is 0 Å². The molecule has 108 valence electrons. The van der Waals surface area contributed by atoms with Crippen LogP contribution in [0.4, 0.5) is 11.4 Å². The summed E-state index contributed by atoms with van der Waals surface area (Å²) in [5.74, 6) is 0.365. The number of sulfonamides is 1. The van der Waals surface area contributed by atoms with Crippen LogP contribution >= 0.6 is 0 Å². The molecule has 7 heteroatoms. The topological polar surface area (TPSA) is 89.4 Å². The van der Waals surface area contributed by atoms with E-state index in [9.17, 15) is 8.42 Å². The van der Waals surface area contributed by atoms with Crippen molar-refractivity contribution in [3.8, 4) is 0 Å². The number of nitrogen functional groups attached to an aromatic ring is 1. The van der Waals surface area contributed by atoms with Crippen molar-refractivity contribution in [3.63, 3.8) is 0 Å². The second-order valence-electron chi connectivity index (χ2n) is 4.41. The van der Waals surface area contributed by atoms with E-state index >= 15 is 0 Å². The van der Waals surface area contributed by atoms with Gasteiger partial charge < -0.3 is 10.3 Å². The molecule has 0 fully saturated rings. The molecule has 0 unspecified atom stereocenters. The van der Waals surface area contributed by atoms with Gasteiger partial charge in [0.15, 0.2) is 0 Å². The second-order valence-corrected chi connectivity index (χ2v) is 6.30. The number of aryl methyl sites for hydroxylation is 1. The lowest BCUT2D eigenvalue weighted by molar-refractivity contribution is 0.392. The predicted octanol–water partition coefficient (Wildman–Crippen LogP) is 1.92. The van der Waals surface area contributed by atoms with Crippen LogP contribution in [0.2, 0.25) is 0 Å². The third-order valence-corrected chi connectivity index (χ3v) is 4.62. The maximum atomic E-state index is 12.5. The molecule has 0 aliphatic heterocycles. The fourth-order valence-electron chi connectivity index (χ4n) is 1.98. The Hall–Kier alpha value is -2.02. The van der Waals surface area contributed by atoms with E-state index in [4.69, 9.17) is 10.3 Å². The van der Waals surface area contributed by atoms with E-state index in [1.807, 2.05) is 0 Å². The van der Waals surface area contributed by atoms with Crippen molar-refractivity contribution in [1.29, 1.82) is 0 Å². The van der Waals surface area contributed by atoms with Gasteiger partial charge in [-0.2, -0.15) is 0 Å². The van der Waals surface area contributed by atoms with Crippen LogP contribution in [0, 0.1) is 6.92 Å². The highest BCUT2D eigenvalue weighted by molar-refractivity contribution is 7.92. The molecule has 0 spiro atoms. The molecule has 2 N–H and O–H groups in total. The zero-order chi connectivity index (χ0) is 14.8. The Bertz CT molecular complexity index is 694. The Kier molecular flexibility index (Phi) is 3.99. The van der Waals surface area contributed by atoms with Crippen molar-refractivity contribution < 1.29 is 12.9 Å². The molecule has 1 aromatic carbocycles. The van der Waals surface area contributed by atoms with Gasteiger partial charge in [0.05, 0.1) is 11.4 Å². The smallest absolute Gasteiger partial charge is 0.241 e. The molecule has 0 aliphatic rings. The summed E-state index contributed by atoms with van der Waals surface area (Å²) in [6.45, 7) is 3.78. The molecule has 6 nitrogen and oxygen atoms in total. The standard InChI is InChI=1S/C13H17N3O3S/c1-3-16(13-7-5-4-6-12(13)14)20(17,18)9-11-8-10(2)19-15-11/h4-8H,3,9,14H2,1-2H3. The SMILES string of the molecule is CCN(c1ccccc1N)S(=O)(=O)Cc1cc(C)on1. The van der Waals surface area contributed by atoms with Gasteiger partial charge in [-0.15, -0.1) is 0 Å². The number of nitrogens with zero attached hydrogens (tertiary/aromatic N) is 2. The summed E-state index contributed by atoms with van der Waals surface area (Å²) in [4.78, 5) is 0. The van der Waals surface area contributed by atoms with Crippen LogP contribution in [0.25, 0.3) is 0 Å². The van der Waals surface area contributed by atoms with E-state index in [0.717, 1.165) is 0 Å². The lowest BCUT2D eigenvalue weighted by Gasteiger charge is -2.23. The largest absolute Gasteiger partial charge is 0.397 e. The van der Waals surface area contributed by atoms with Crippen LogP contribution in [0.5, 0.6) is 0 Å². The highest BCUT2D eigenvalue weighted by Crippen LogP contribution is 2.26. The second kappa shape index (κ2) is 5.54. The molecule has 2 rings (SSSR count). The minimum atomic E-state index is -3.56. The number of nitrogens with two attached hydrogens (primary N) is 1. The molecule has 0 saturated heterocycles. The van der Waals surface area contributed by atoms with Crippen molar-refractivity contribution >= 4 is 21.4 Å². The summed E-state index contributed by atoms with van der Waals surface area (Å²) in [6, 6.07) is 8.49. The Balaban J connectivity index is 2.33. The van der Waals surface area contributed by atoms with Gasteiger partial charge in [-0.05, 0) is 26.0 Å². The number of para-hydroxylation sites is 2. The molecule has 2 aromatic rings. The number of aromatic nitrogens is 1. The third-order valence-electron chi connectivity index (χ3n) is 2.84. The minimum absolute atomic E-state index is 0.216. The van der Waals surface area contributed by atoms with Crippen molar-refractivity contribution in [2.75, 3.05) is 16.6 Å². The Morgan fingerprint density at radius 1 is 1.35 bits per heavy atom. The van der Waals surface area contributed by atoms with Gasteiger partial charge in [-0.25, -0.2) is 8.42 Å².